The molecule has 2 fully saturated rings. The van der Waals surface area contributed by atoms with Gasteiger partial charge in [0.1, 0.15) is 12.2 Å². The molecule has 0 bridgehead atoms. The average molecular weight is 595 g/mol. The Morgan fingerprint density at radius 2 is 1.80 bits per heavy atom. The van der Waals surface area contributed by atoms with Crippen LogP contribution >= 0.6 is 12.2 Å². The third-order valence-electron chi connectivity index (χ3n) is 6.85. The van der Waals surface area contributed by atoms with Crippen LogP contribution in [0.15, 0.2) is 36.4 Å². The molecular weight excluding hydrogens is 564 g/mol. The normalized spacial score (nSPS) is 19.5. The van der Waals surface area contributed by atoms with Gasteiger partial charge in [-0.05, 0) is 90.0 Å². The summed E-state index contributed by atoms with van der Waals surface area (Å²) in [6.45, 7) is 8.47. The Balaban J connectivity index is 1.54. The summed E-state index contributed by atoms with van der Waals surface area (Å²) in [6, 6.07) is 8.60. The highest BCUT2D eigenvalue weighted by Gasteiger charge is 2.51. The number of hydrogen-bond donors (Lipinski definition) is 2. The molecule has 1 aliphatic heterocycles. The minimum atomic E-state index is -4.80. The second-order valence-electron chi connectivity index (χ2n) is 11.7. The van der Waals surface area contributed by atoms with E-state index >= 15 is 4.39 Å². The van der Waals surface area contributed by atoms with Crippen LogP contribution in [0.25, 0.3) is 0 Å². The van der Waals surface area contributed by atoms with Gasteiger partial charge in [0.2, 0.25) is 0 Å². The van der Waals surface area contributed by atoms with Crippen molar-refractivity contribution < 1.29 is 36.9 Å². The van der Waals surface area contributed by atoms with E-state index in [-0.39, 0.29) is 28.8 Å². The number of carbonyl (C=O) groups is 1. The van der Waals surface area contributed by atoms with Crippen molar-refractivity contribution in [3.63, 3.8) is 0 Å². The Morgan fingerprint density at radius 3 is 2.34 bits per heavy atom. The SMILES string of the molecule is CC(C)(C)OC(=O)NC1(COc2ccc(N3C(=S)N(c4ccc(C#N)c(C(F)(F)F)c4)C(O)C3(C)C)cc2F)CC1. The van der Waals surface area contributed by atoms with Crippen molar-refractivity contribution in [2.45, 2.75) is 76.5 Å². The van der Waals surface area contributed by atoms with Gasteiger partial charge in [-0.25, -0.2) is 9.18 Å². The van der Waals surface area contributed by atoms with Gasteiger partial charge in [0.15, 0.2) is 22.9 Å². The molecule has 41 heavy (non-hydrogen) atoms. The van der Waals surface area contributed by atoms with E-state index in [0.717, 1.165) is 23.1 Å². The molecule has 1 saturated heterocycles. The van der Waals surface area contributed by atoms with Crippen LogP contribution in [-0.4, -0.2) is 45.8 Å². The van der Waals surface area contributed by atoms with E-state index in [1.165, 1.54) is 29.2 Å². The number of aliphatic hydroxyl groups excluding tert-OH is 1. The number of hydrogen-bond acceptors (Lipinski definition) is 6. The lowest BCUT2D eigenvalue weighted by Crippen LogP contribution is -2.47. The standard InChI is InChI=1S/C28H30F4N4O4S/c1-25(2,3)40-23(38)34-27(10-11-27)15-39-21-9-8-18(13-20(21)29)36-24(41)35(22(37)26(36,4)5)17-7-6-16(14-33)19(12-17)28(30,31)32/h6-9,12-13,22,37H,10-11,15H2,1-5H3,(H,34,38). The molecule has 8 nitrogen and oxygen atoms in total. The number of ether oxygens (including phenoxy) is 2. The summed E-state index contributed by atoms with van der Waals surface area (Å²) < 4.78 is 66.9. The van der Waals surface area contributed by atoms with Gasteiger partial charge in [-0.1, -0.05) is 0 Å². The van der Waals surface area contributed by atoms with Crippen molar-refractivity contribution in [2.24, 2.45) is 0 Å². The molecule has 1 atom stereocenters. The Labute approximate surface area is 240 Å². The zero-order chi connectivity index (χ0) is 30.5. The highest BCUT2D eigenvalue weighted by Crippen LogP contribution is 2.42. The van der Waals surface area contributed by atoms with Crippen molar-refractivity contribution in [1.82, 2.24) is 5.32 Å². The summed E-state index contributed by atoms with van der Waals surface area (Å²) >= 11 is 5.55. The van der Waals surface area contributed by atoms with Crippen molar-refractivity contribution in [1.29, 1.82) is 5.26 Å². The van der Waals surface area contributed by atoms with E-state index in [0.29, 0.717) is 12.8 Å². The number of thiocarbonyl (C=S) groups is 1. The fourth-order valence-corrected chi connectivity index (χ4v) is 5.08. The molecule has 13 heteroatoms. The maximum Gasteiger partial charge on any atom is 0.417 e. The van der Waals surface area contributed by atoms with Crippen LogP contribution in [0.1, 0.15) is 58.6 Å². The number of benzene rings is 2. The van der Waals surface area contributed by atoms with Crippen LogP contribution < -0.4 is 19.9 Å². The third-order valence-corrected chi connectivity index (χ3v) is 7.23. The largest absolute Gasteiger partial charge is 0.488 e. The quantitative estimate of drug-likeness (QED) is 0.317. The summed E-state index contributed by atoms with van der Waals surface area (Å²) in [4.78, 5) is 14.7. The molecule has 1 heterocycles. The molecule has 2 aromatic carbocycles. The predicted molar refractivity (Wildman–Crippen MR) is 147 cm³/mol. The lowest BCUT2D eigenvalue weighted by atomic mass is 10.0. The topological polar surface area (TPSA) is 98.1 Å². The lowest BCUT2D eigenvalue weighted by Gasteiger charge is -2.33. The minimum absolute atomic E-state index is 0.0167. The molecule has 1 saturated carbocycles. The van der Waals surface area contributed by atoms with Gasteiger partial charge in [0, 0.05) is 17.4 Å². The van der Waals surface area contributed by atoms with E-state index in [2.05, 4.69) is 5.32 Å². The summed E-state index contributed by atoms with van der Waals surface area (Å²) in [7, 11) is 0. The second-order valence-corrected chi connectivity index (χ2v) is 12.0. The van der Waals surface area contributed by atoms with Gasteiger partial charge in [-0.2, -0.15) is 18.4 Å². The van der Waals surface area contributed by atoms with Crippen LogP contribution in [0.2, 0.25) is 0 Å². The summed E-state index contributed by atoms with van der Waals surface area (Å²) in [5, 5.41) is 23.0. The fourth-order valence-electron chi connectivity index (χ4n) is 4.54. The van der Waals surface area contributed by atoms with Crippen molar-refractivity contribution in [3.8, 4) is 11.8 Å². The number of nitrogens with one attached hydrogen (secondary N) is 1. The molecule has 220 valence electrons. The number of carbonyl (C=O) groups excluding carboxylic acids is 1. The Kier molecular flexibility index (Phi) is 7.64. The van der Waals surface area contributed by atoms with Gasteiger partial charge in [0.25, 0.3) is 0 Å². The number of aliphatic hydroxyl groups is 1. The number of nitriles is 1. The smallest absolute Gasteiger partial charge is 0.417 e. The van der Waals surface area contributed by atoms with E-state index in [1.807, 2.05) is 0 Å². The number of alkyl halides is 3. The molecule has 2 aliphatic rings. The maximum atomic E-state index is 15.2. The Morgan fingerprint density at radius 1 is 1.17 bits per heavy atom. The first-order valence-electron chi connectivity index (χ1n) is 12.7. The molecule has 0 aromatic heterocycles. The number of alkyl carbamates (subject to hydrolysis) is 1. The van der Waals surface area contributed by atoms with Gasteiger partial charge in [0.05, 0.1) is 28.3 Å². The van der Waals surface area contributed by atoms with Crippen molar-refractivity contribution >= 4 is 34.8 Å². The zero-order valence-corrected chi connectivity index (χ0v) is 23.9. The van der Waals surface area contributed by atoms with Crippen LogP contribution in [0.3, 0.4) is 0 Å². The first-order valence-corrected chi connectivity index (χ1v) is 13.2. The number of anilines is 2. The minimum Gasteiger partial charge on any atom is -0.488 e. The second kappa shape index (κ2) is 10.3. The highest BCUT2D eigenvalue weighted by atomic mass is 32.1. The van der Waals surface area contributed by atoms with E-state index in [9.17, 15) is 23.1 Å². The van der Waals surface area contributed by atoms with Crippen LogP contribution in [0, 0.1) is 17.1 Å². The predicted octanol–water partition coefficient (Wildman–Crippen LogP) is 5.86. The molecule has 0 radical (unpaired) electrons. The van der Waals surface area contributed by atoms with Crippen LogP contribution in [-0.2, 0) is 10.9 Å². The van der Waals surface area contributed by atoms with E-state index < -0.39 is 52.1 Å². The van der Waals surface area contributed by atoms with Crippen molar-refractivity contribution in [2.75, 3.05) is 16.4 Å². The Hall–Kier alpha value is -3.63. The summed E-state index contributed by atoms with van der Waals surface area (Å²) in [5.74, 6) is -0.812. The van der Waals surface area contributed by atoms with Crippen LogP contribution in [0.5, 0.6) is 5.75 Å². The maximum absolute atomic E-state index is 15.2. The molecule has 1 amide bonds. The van der Waals surface area contributed by atoms with Gasteiger partial charge >= 0.3 is 12.3 Å². The van der Waals surface area contributed by atoms with Gasteiger partial charge < -0.3 is 24.8 Å². The monoisotopic (exact) mass is 594 g/mol. The molecule has 2 aromatic rings. The molecule has 4 rings (SSSR count). The first kappa shape index (κ1) is 30.3. The molecule has 1 aliphatic carbocycles. The van der Waals surface area contributed by atoms with E-state index in [1.54, 1.807) is 34.6 Å². The lowest BCUT2D eigenvalue weighted by molar-refractivity contribution is -0.137. The number of amides is 1. The number of nitrogens with zero attached hydrogens (tertiary/aromatic N) is 3. The molecular formula is C28H30F4N4O4S. The third kappa shape index (κ3) is 6.18. The average Bonchev–Trinajstić information content (AvgIpc) is 3.57. The van der Waals surface area contributed by atoms with Gasteiger partial charge in [-0.3, -0.25) is 4.90 Å². The summed E-state index contributed by atoms with van der Waals surface area (Å²) in [5.41, 5.74) is -4.08. The number of rotatable bonds is 6. The zero-order valence-electron chi connectivity index (χ0n) is 23.1. The van der Waals surface area contributed by atoms with Gasteiger partial charge in [-0.15, -0.1) is 0 Å². The molecule has 2 N–H and O–H groups in total. The molecule has 1 unspecified atom stereocenters. The fraction of sp³-hybridized carbons (Fsp3) is 0.464. The Bertz CT molecular complexity index is 1410. The first-order chi connectivity index (χ1) is 18.9. The van der Waals surface area contributed by atoms with Crippen LogP contribution in [0.4, 0.5) is 33.7 Å². The van der Waals surface area contributed by atoms with E-state index in [4.69, 9.17) is 27.0 Å². The highest BCUT2D eigenvalue weighted by molar-refractivity contribution is 7.80. The number of halogens is 4. The summed E-state index contributed by atoms with van der Waals surface area (Å²) in [6.07, 6.45) is -5.52. The van der Waals surface area contributed by atoms with Crippen molar-refractivity contribution in [3.05, 3.63) is 53.3 Å². The molecule has 0 spiro atoms.